The number of nitrogens with zero attached hydrogens (tertiary/aromatic N) is 2. The summed E-state index contributed by atoms with van der Waals surface area (Å²) in [5.74, 6) is 0. The molecule has 4 nitrogen and oxygen atoms in total. The van der Waals surface area contributed by atoms with E-state index in [0.29, 0.717) is 26.9 Å². The topological polar surface area (TPSA) is 56.0 Å². The first kappa shape index (κ1) is 12.8. The van der Waals surface area contributed by atoms with Crippen molar-refractivity contribution in [2.75, 3.05) is 0 Å². The van der Waals surface area contributed by atoms with E-state index in [1.54, 1.807) is 31.2 Å². The predicted molar refractivity (Wildman–Crippen MR) is 71.1 cm³/mol. The Labute approximate surface area is 113 Å². The van der Waals surface area contributed by atoms with E-state index < -0.39 is 4.92 Å². The van der Waals surface area contributed by atoms with Crippen molar-refractivity contribution < 1.29 is 4.92 Å². The highest BCUT2D eigenvalue weighted by molar-refractivity contribution is 6.35. The van der Waals surface area contributed by atoms with Crippen LogP contribution in [0.2, 0.25) is 10.0 Å². The average molecular weight is 283 g/mol. The van der Waals surface area contributed by atoms with Crippen LogP contribution in [0.1, 0.15) is 5.56 Å². The maximum absolute atomic E-state index is 10.7. The third-order valence-electron chi connectivity index (χ3n) is 2.48. The van der Waals surface area contributed by atoms with Gasteiger partial charge in [-0.05, 0) is 31.2 Å². The molecule has 0 aliphatic heterocycles. The Bertz CT molecular complexity index is 629. The fourth-order valence-corrected chi connectivity index (χ4v) is 1.97. The molecule has 1 aromatic heterocycles. The number of rotatable bonds is 2. The molecule has 92 valence electrons. The minimum atomic E-state index is -0.467. The number of halogens is 2. The van der Waals surface area contributed by atoms with Crippen molar-refractivity contribution in [2.24, 2.45) is 0 Å². The van der Waals surface area contributed by atoms with Crippen molar-refractivity contribution in [1.82, 2.24) is 4.98 Å². The van der Waals surface area contributed by atoms with Crippen molar-refractivity contribution in [1.29, 1.82) is 0 Å². The van der Waals surface area contributed by atoms with Crippen LogP contribution in [0.3, 0.4) is 0 Å². The normalized spacial score (nSPS) is 10.4. The summed E-state index contributed by atoms with van der Waals surface area (Å²) in [6.45, 7) is 1.65. The summed E-state index contributed by atoms with van der Waals surface area (Å²) in [4.78, 5) is 14.3. The lowest BCUT2D eigenvalue weighted by molar-refractivity contribution is -0.385. The molecule has 0 unspecified atom stereocenters. The van der Waals surface area contributed by atoms with Gasteiger partial charge < -0.3 is 0 Å². The highest BCUT2D eigenvalue weighted by Crippen LogP contribution is 2.31. The first-order chi connectivity index (χ1) is 8.49. The van der Waals surface area contributed by atoms with Crippen LogP contribution in [0.5, 0.6) is 0 Å². The molecule has 0 atom stereocenters. The zero-order valence-corrected chi connectivity index (χ0v) is 10.9. The lowest BCUT2D eigenvalue weighted by Crippen LogP contribution is -1.94. The molecule has 0 aliphatic carbocycles. The van der Waals surface area contributed by atoms with Gasteiger partial charge in [0.05, 0.1) is 15.6 Å². The maximum Gasteiger partial charge on any atom is 0.290 e. The van der Waals surface area contributed by atoms with Crippen molar-refractivity contribution in [3.05, 3.63) is 56.2 Å². The van der Waals surface area contributed by atoms with Gasteiger partial charge in [0.1, 0.15) is 6.20 Å². The predicted octanol–water partition coefficient (Wildman–Crippen LogP) is 4.27. The SMILES string of the molecule is Cc1cc(-c2cc(Cl)ccc2Cl)ncc1[N+](=O)[O-]. The van der Waals surface area contributed by atoms with E-state index in [-0.39, 0.29) is 5.69 Å². The van der Waals surface area contributed by atoms with E-state index in [4.69, 9.17) is 23.2 Å². The zero-order valence-electron chi connectivity index (χ0n) is 9.35. The Kier molecular flexibility index (Phi) is 3.50. The molecule has 0 saturated carbocycles. The standard InChI is InChI=1S/C12H8Cl2N2O2/c1-7-4-11(15-6-12(7)16(17)18)9-5-8(13)2-3-10(9)14/h2-6H,1H3. The van der Waals surface area contributed by atoms with Crippen molar-refractivity contribution in [2.45, 2.75) is 6.92 Å². The van der Waals surface area contributed by atoms with Crippen LogP contribution >= 0.6 is 23.2 Å². The van der Waals surface area contributed by atoms with Gasteiger partial charge >= 0.3 is 0 Å². The van der Waals surface area contributed by atoms with E-state index in [1.165, 1.54) is 6.20 Å². The summed E-state index contributed by atoms with van der Waals surface area (Å²) in [5.41, 5.74) is 1.73. The lowest BCUT2D eigenvalue weighted by Gasteiger charge is -2.05. The Balaban J connectivity index is 2.55. The molecular weight excluding hydrogens is 275 g/mol. The molecular formula is C12H8Cl2N2O2. The Morgan fingerprint density at radius 1 is 1.28 bits per heavy atom. The van der Waals surface area contributed by atoms with Gasteiger partial charge in [-0.15, -0.1) is 0 Å². The van der Waals surface area contributed by atoms with E-state index in [9.17, 15) is 10.1 Å². The van der Waals surface area contributed by atoms with Crippen LogP contribution in [-0.4, -0.2) is 9.91 Å². The third-order valence-corrected chi connectivity index (χ3v) is 3.05. The highest BCUT2D eigenvalue weighted by Gasteiger charge is 2.13. The van der Waals surface area contributed by atoms with E-state index >= 15 is 0 Å². The first-order valence-electron chi connectivity index (χ1n) is 5.05. The summed E-state index contributed by atoms with van der Waals surface area (Å²) in [6.07, 6.45) is 1.22. The average Bonchev–Trinajstić information content (AvgIpc) is 2.31. The van der Waals surface area contributed by atoms with Gasteiger partial charge in [-0.3, -0.25) is 10.1 Å². The second-order valence-corrected chi connectivity index (χ2v) is 4.58. The summed E-state index contributed by atoms with van der Waals surface area (Å²) in [5, 5.41) is 11.7. The summed E-state index contributed by atoms with van der Waals surface area (Å²) < 4.78 is 0. The molecule has 0 radical (unpaired) electrons. The molecule has 1 aromatic carbocycles. The molecule has 0 saturated heterocycles. The maximum atomic E-state index is 10.7. The van der Waals surface area contributed by atoms with E-state index in [2.05, 4.69) is 4.98 Å². The largest absolute Gasteiger partial charge is 0.290 e. The molecule has 0 bridgehead atoms. The fraction of sp³-hybridized carbons (Fsp3) is 0.0833. The van der Waals surface area contributed by atoms with Crippen LogP contribution in [0.25, 0.3) is 11.3 Å². The molecule has 0 aliphatic rings. The minimum absolute atomic E-state index is 0.0168. The van der Waals surface area contributed by atoms with Crippen molar-refractivity contribution in [3.63, 3.8) is 0 Å². The second kappa shape index (κ2) is 4.92. The van der Waals surface area contributed by atoms with E-state index in [0.717, 1.165) is 0 Å². The van der Waals surface area contributed by atoms with Crippen LogP contribution in [-0.2, 0) is 0 Å². The summed E-state index contributed by atoms with van der Waals surface area (Å²) in [7, 11) is 0. The Morgan fingerprint density at radius 2 is 2.00 bits per heavy atom. The number of hydrogen-bond donors (Lipinski definition) is 0. The number of aromatic nitrogens is 1. The molecule has 18 heavy (non-hydrogen) atoms. The molecule has 2 aromatic rings. The quantitative estimate of drug-likeness (QED) is 0.610. The molecule has 0 N–H and O–H groups in total. The molecule has 0 amide bonds. The Hall–Kier alpha value is -1.65. The number of nitro groups is 1. The Morgan fingerprint density at radius 3 is 2.61 bits per heavy atom. The molecule has 2 rings (SSSR count). The summed E-state index contributed by atoms with van der Waals surface area (Å²) in [6, 6.07) is 6.64. The molecule has 6 heteroatoms. The van der Waals surface area contributed by atoms with E-state index in [1.807, 2.05) is 0 Å². The zero-order chi connectivity index (χ0) is 13.3. The van der Waals surface area contributed by atoms with Gasteiger partial charge in [0.15, 0.2) is 0 Å². The lowest BCUT2D eigenvalue weighted by atomic mass is 10.1. The summed E-state index contributed by atoms with van der Waals surface area (Å²) >= 11 is 11.9. The van der Waals surface area contributed by atoms with Gasteiger partial charge in [-0.1, -0.05) is 23.2 Å². The number of benzene rings is 1. The van der Waals surface area contributed by atoms with Crippen LogP contribution in [0, 0.1) is 17.0 Å². The number of hydrogen-bond acceptors (Lipinski definition) is 3. The second-order valence-electron chi connectivity index (χ2n) is 3.74. The minimum Gasteiger partial charge on any atom is -0.258 e. The van der Waals surface area contributed by atoms with Crippen molar-refractivity contribution in [3.8, 4) is 11.3 Å². The van der Waals surface area contributed by atoms with Crippen LogP contribution < -0.4 is 0 Å². The van der Waals surface area contributed by atoms with Crippen molar-refractivity contribution >= 4 is 28.9 Å². The van der Waals surface area contributed by atoms with Gasteiger partial charge in [-0.2, -0.15) is 0 Å². The van der Waals surface area contributed by atoms with Gasteiger partial charge in [0.2, 0.25) is 0 Å². The van der Waals surface area contributed by atoms with Crippen LogP contribution in [0.4, 0.5) is 5.69 Å². The smallest absolute Gasteiger partial charge is 0.258 e. The monoisotopic (exact) mass is 282 g/mol. The van der Waals surface area contributed by atoms with Gasteiger partial charge in [-0.25, -0.2) is 4.98 Å². The van der Waals surface area contributed by atoms with Gasteiger partial charge in [0.25, 0.3) is 5.69 Å². The fourth-order valence-electron chi connectivity index (χ4n) is 1.58. The molecule has 0 fully saturated rings. The first-order valence-corrected chi connectivity index (χ1v) is 5.81. The molecule has 1 heterocycles. The highest BCUT2D eigenvalue weighted by atomic mass is 35.5. The molecule has 0 spiro atoms. The van der Waals surface area contributed by atoms with Crippen LogP contribution in [0.15, 0.2) is 30.5 Å². The van der Waals surface area contributed by atoms with Gasteiger partial charge in [0, 0.05) is 16.1 Å². The third kappa shape index (κ3) is 2.44. The number of pyridine rings is 1. The number of aryl methyl sites for hydroxylation is 1.